The Bertz CT molecular complexity index is 1060. The van der Waals surface area contributed by atoms with E-state index in [-0.39, 0.29) is 5.91 Å². The Morgan fingerprint density at radius 2 is 1.71 bits per heavy atom. The molecule has 0 aliphatic rings. The number of amides is 1. The largest absolute Gasteiger partial charge is 0.494 e. The summed E-state index contributed by atoms with van der Waals surface area (Å²) < 4.78 is 6.59. The first-order valence-electron chi connectivity index (χ1n) is 10.9. The van der Waals surface area contributed by atoms with E-state index in [9.17, 15) is 4.79 Å². The number of anilines is 1. The average Bonchev–Trinajstić information content (AvgIpc) is 3.20. The quantitative estimate of drug-likeness (QED) is 0.463. The molecular weight excluding hydrogens is 406 g/mol. The lowest BCUT2D eigenvalue weighted by Gasteiger charge is -2.25. The molecule has 6 heteroatoms. The van der Waals surface area contributed by atoms with E-state index >= 15 is 0 Å². The molecule has 0 saturated carbocycles. The summed E-state index contributed by atoms with van der Waals surface area (Å²) in [4.78, 5) is 22.5. The Kier molecular flexibility index (Phi) is 7.68. The SMILES string of the molecule is CCN(CC)CCN(C(=O)Cc1ccc(C)c(C)c1)c1nc2c(OC)ccc(C)c2s1. The minimum Gasteiger partial charge on any atom is -0.494 e. The lowest BCUT2D eigenvalue weighted by Crippen LogP contribution is -2.39. The van der Waals surface area contributed by atoms with Crippen molar-refractivity contribution in [2.45, 2.75) is 41.0 Å². The van der Waals surface area contributed by atoms with E-state index in [1.54, 1.807) is 18.4 Å². The summed E-state index contributed by atoms with van der Waals surface area (Å²) in [7, 11) is 1.66. The van der Waals surface area contributed by atoms with Crippen molar-refractivity contribution in [1.82, 2.24) is 9.88 Å². The zero-order chi connectivity index (χ0) is 22.5. The van der Waals surface area contributed by atoms with Gasteiger partial charge in [0.25, 0.3) is 0 Å². The third-order valence-corrected chi connectivity index (χ3v) is 7.12. The van der Waals surface area contributed by atoms with Gasteiger partial charge in [-0.15, -0.1) is 0 Å². The fourth-order valence-corrected chi connectivity index (χ4v) is 4.77. The summed E-state index contributed by atoms with van der Waals surface area (Å²) in [5, 5.41) is 0.739. The maximum atomic E-state index is 13.5. The third-order valence-electron chi connectivity index (χ3n) is 5.90. The molecule has 0 atom stereocenters. The van der Waals surface area contributed by atoms with Gasteiger partial charge in [0.15, 0.2) is 5.13 Å². The van der Waals surface area contributed by atoms with Crippen LogP contribution in [0.1, 0.15) is 36.1 Å². The molecule has 0 aliphatic heterocycles. The summed E-state index contributed by atoms with van der Waals surface area (Å²) in [5.74, 6) is 0.819. The molecule has 0 bridgehead atoms. The monoisotopic (exact) mass is 439 g/mol. The number of carbonyl (C=O) groups is 1. The van der Waals surface area contributed by atoms with Gasteiger partial charge in [0, 0.05) is 13.1 Å². The molecule has 0 spiro atoms. The Morgan fingerprint density at radius 3 is 2.35 bits per heavy atom. The van der Waals surface area contributed by atoms with Crippen LogP contribution >= 0.6 is 11.3 Å². The van der Waals surface area contributed by atoms with Gasteiger partial charge in [-0.25, -0.2) is 4.98 Å². The molecule has 3 aromatic rings. The predicted octanol–water partition coefficient (Wildman–Crippen LogP) is 5.15. The van der Waals surface area contributed by atoms with Crippen molar-refractivity contribution in [2.75, 3.05) is 38.2 Å². The molecule has 1 heterocycles. The molecule has 0 radical (unpaired) electrons. The molecule has 166 valence electrons. The van der Waals surface area contributed by atoms with Gasteiger partial charge in [-0.1, -0.05) is 49.4 Å². The molecule has 0 unspecified atom stereocenters. The van der Waals surface area contributed by atoms with Gasteiger partial charge in [-0.05, 0) is 62.2 Å². The first-order valence-corrected chi connectivity index (χ1v) is 11.7. The number of rotatable bonds is 9. The summed E-state index contributed by atoms with van der Waals surface area (Å²) in [5.41, 5.74) is 5.46. The van der Waals surface area contributed by atoms with Crippen molar-refractivity contribution in [1.29, 1.82) is 0 Å². The lowest BCUT2D eigenvalue weighted by atomic mass is 10.0. The maximum Gasteiger partial charge on any atom is 0.233 e. The Balaban J connectivity index is 1.95. The molecule has 0 fully saturated rings. The molecule has 0 N–H and O–H groups in total. The van der Waals surface area contributed by atoms with Crippen molar-refractivity contribution in [2.24, 2.45) is 0 Å². The molecule has 2 aromatic carbocycles. The zero-order valence-corrected chi connectivity index (χ0v) is 20.3. The van der Waals surface area contributed by atoms with Crippen LogP contribution in [0.4, 0.5) is 5.13 Å². The van der Waals surface area contributed by atoms with E-state index in [0.29, 0.717) is 13.0 Å². The van der Waals surface area contributed by atoms with Crippen LogP contribution in [-0.2, 0) is 11.2 Å². The van der Waals surface area contributed by atoms with Gasteiger partial charge < -0.3 is 9.64 Å². The maximum absolute atomic E-state index is 13.5. The summed E-state index contributed by atoms with van der Waals surface area (Å²) >= 11 is 1.57. The summed E-state index contributed by atoms with van der Waals surface area (Å²) in [6.45, 7) is 13.9. The number of likely N-dealkylation sites (N-methyl/N-ethyl adjacent to an activating group) is 1. The molecular formula is C25H33N3O2S. The van der Waals surface area contributed by atoms with Crippen molar-refractivity contribution in [3.63, 3.8) is 0 Å². The van der Waals surface area contributed by atoms with Crippen molar-refractivity contribution in [3.8, 4) is 5.75 Å². The number of thiazole rings is 1. The van der Waals surface area contributed by atoms with Gasteiger partial charge in [-0.2, -0.15) is 0 Å². The van der Waals surface area contributed by atoms with E-state index in [0.717, 1.165) is 51.9 Å². The summed E-state index contributed by atoms with van der Waals surface area (Å²) in [6, 6.07) is 10.2. The van der Waals surface area contributed by atoms with Crippen molar-refractivity contribution < 1.29 is 9.53 Å². The smallest absolute Gasteiger partial charge is 0.233 e. The number of methoxy groups -OCH3 is 1. The molecule has 0 saturated heterocycles. The Labute approximate surface area is 189 Å². The minimum absolute atomic E-state index is 0.0751. The van der Waals surface area contributed by atoms with E-state index in [4.69, 9.17) is 9.72 Å². The molecule has 0 aliphatic carbocycles. The number of hydrogen-bond donors (Lipinski definition) is 0. The minimum atomic E-state index is 0.0751. The van der Waals surface area contributed by atoms with Crippen LogP contribution in [0, 0.1) is 20.8 Å². The number of hydrogen-bond acceptors (Lipinski definition) is 5. The zero-order valence-electron chi connectivity index (χ0n) is 19.5. The highest BCUT2D eigenvalue weighted by atomic mass is 32.1. The molecule has 3 rings (SSSR count). The second kappa shape index (κ2) is 10.2. The highest BCUT2D eigenvalue weighted by molar-refractivity contribution is 7.22. The van der Waals surface area contributed by atoms with Crippen LogP contribution in [0.15, 0.2) is 30.3 Å². The van der Waals surface area contributed by atoms with E-state index < -0.39 is 0 Å². The first kappa shape index (κ1) is 23.2. The second-order valence-corrected chi connectivity index (χ2v) is 8.90. The van der Waals surface area contributed by atoms with E-state index in [1.165, 1.54) is 11.1 Å². The van der Waals surface area contributed by atoms with Crippen LogP contribution in [0.2, 0.25) is 0 Å². The number of carbonyl (C=O) groups excluding carboxylic acids is 1. The van der Waals surface area contributed by atoms with Gasteiger partial charge >= 0.3 is 0 Å². The molecule has 1 amide bonds. The predicted molar refractivity (Wildman–Crippen MR) is 131 cm³/mol. The fraction of sp³-hybridized carbons (Fsp3) is 0.440. The normalized spacial score (nSPS) is 11.3. The van der Waals surface area contributed by atoms with Crippen LogP contribution in [0.3, 0.4) is 0 Å². The fourth-order valence-electron chi connectivity index (χ4n) is 3.67. The van der Waals surface area contributed by atoms with Gasteiger partial charge in [0.05, 0.1) is 18.2 Å². The van der Waals surface area contributed by atoms with Crippen molar-refractivity contribution in [3.05, 3.63) is 52.6 Å². The summed E-state index contributed by atoms with van der Waals surface area (Å²) in [6.07, 6.45) is 0.366. The Morgan fingerprint density at radius 1 is 1.00 bits per heavy atom. The van der Waals surface area contributed by atoms with E-state index in [2.05, 4.69) is 51.7 Å². The standard InChI is InChI=1S/C25H33N3O2S/c1-7-27(8-2)13-14-28(22(29)16-20-11-9-17(3)19(5)15-20)25-26-23-21(30-6)12-10-18(4)24(23)31-25/h9-12,15H,7-8,13-14,16H2,1-6H3. The number of aryl methyl sites for hydroxylation is 3. The van der Waals surface area contributed by atoms with Crippen molar-refractivity contribution >= 4 is 32.6 Å². The number of ether oxygens (including phenoxy) is 1. The second-order valence-electron chi connectivity index (χ2n) is 7.93. The highest BCUT2D eigenvalue weighted by Gasteiger charge is 2.22. The van der Waals surface area contributed by atoms with Crippen LogP contribution < -0.4 is 9.64 Å². The van der Waals surface area contributed by atoms with Gasteiger partial charge in [0.1, 0.15) is 11.3 Å². The van der Waals surface area contributed by atoms with Gasteiger partial charge in [0.2, 0.25) is 5.91 Å². The van der Waals surface area contributed by atoms with Crippen LogP contribution in [0.25, 0.3) is 10.2 Å². The van der Waals surface area contributed by atoms with Crippen LogP contribution in [0.5, 0.6) is 5.75 Å². The molecule has 1 aromatic heterocycles. The molecule has 5 nitrogen and oxygen atoms in total. The third kappa shape index (κ3) is 5.25. The Hall–Kier alpha value is -2.44. The van der Waals surface area contributed by atoms with Crippen LogP contribution in [-0.4, -0.2) is 49.1 Å². The average molecular weight is 440 g/mol. The number of aromatic nitrogens is 1. The number of benzene rings is 2. The first-order chi connectivity index (χ1) is 14.9. The number of nitrogens with zero attached hydrogens (tertiary/aromatic N) is 3. The highest BCUT2D eigenvalue weighted by Crippen LogP contribution is 2.36. The topological polar surface area (TPSA) is 45.7 Å². The lowest BCUT2D eigenvalue weighted by molar-refractivity contribution is -0.118. The van der Waals surface area contributed by atoms with Gasteiger partial charge in [-0.3, -0.25) is 9.69 Å². The van der Waals surface area contributed by atoms with E-state index in [1.807, 2.05) is 23.1 Å². The number of fused-ring (bicyclic) bond motifs is 1. The molecule has 31 heavy (non-hydrogen) atoms.